The third-order valence-electron chi connectivity index (χ3n) is 6.17. The summed E-state index contributed by atoms with van der Waals surface area (Å²) in [5, 5.41) is 3.69. The molecule has 1 saturated heterocycles. The van der Waals surface area contributed by atoms with Crippen LogP contribution in [0.4, 0.5) is 0 Å². The Morgan fingerprint density at radius 2 is 1.10 bits per heavy atom. The zero-order chi connectivity index (χ0) is 21.6. The molecule has 1 unspecified atom stereocenters. The van der Waals surface area contributed by atoms with Crippen LogP contribution in [0, 0.1) is 0 Å². The SMILES string of the molecule is CCCCCCCCCCCCCCCCS(=O)NC1CC(C)(C)NC(C)(C)C1. The number of nitrogens with one attached hydrogen (secondary N) is 2. The first-order valence-electron chi connectivity index (χ1n) is 12.7. The highest BCUT2D eigenvalue weighted by Gasteiger charge is 2.37. The molecule has 1 aliphatic heterocycles. The van der Waals surface area contributed by atoms with Gasteiger partial charge in [-0.25, -0.2) is 8.93 Å². The fourth-order valence-electron chi connectivity index (χ4n) is 5.08. The number of hydrogen-bond donors (Lipinski definition) is 2. The first-order valence-corrected chi connectivity index (χ1v) is 14.0. The highest BCUT2D eigenvalue weighted by Crippen LogP contribution is 2.28. The van der Waals surface area contributed by atoms with Gasteiger partial charge in [-0.2, -0.15) is 0 Å². The van der Waals surface area contributed by atoms with Crippen molar-refractivity contribution in [3.05, 3.63) is 0 Å². The quantitative estimate of drug-likeness (QED) is 0.244. The van der Waals surface area contributed by atoms with E-state index in [0.717, 1.165) is 25.0 Å². The molecule has 1 heterocycles. The van der Waals surface area contributed by atoms with Crippen molar-refractivity contribution in [2.75, 3.05) is 5.75 Å². The lowest BCUT2D eigenvalue weighted by atomic mass is 9.80. The Morgan fingerprint density at radius 1 is 0.724 bits per heavy atom. The lowest BCUT2D eigenvalue weighted by Gasteiger charge is -2.46. The van der Waals surface area contributed by atoms with Gasteiger partial charge < -0.3 is 5.32 Å². The zero-order valence-corrected chi connectivity index (χ0v) is 21.2. The summed E-state index contributed by atoms with van der Waals surface area (Å²) in [6, 6.07) is 0.355. The maximum atomic E-state index is 12.4. The van der Waals surface area contributed by atoms with Gasteiger partial charge in [0.25, 0.3) is 0 Å². The summed E-state index contributed by atoms with van der Waals surface area (Å²) in [4.78, 5) is 0. The molecule has 4 heteroatoms. The Kier molecular flexibility index (Phi) is 14.0. The van der Waals surface area contributed by atoms with Crippen LogP contribution in [0.2, 0.25) is 0 Å². The van der Waals surface area contributed by atoms with Gasteiger partial charge in [0, 0.05) is 22.9 Å². The third kappa shape index (κ3) is 14.7. The third-order valence-corrected chi connectivity index (χ3v) is 7.43. The van der Waals surface area contributed by atoms with E-state index < -0.39 is 11.0 Å². The van der Waals surface area contributed by atoms with Crippen LogP contribution in [0.1, 0.15) is 137 Å². The summed E-state index contributed by atoms with van der Waals surface area (Å²) in [6.07, 6.45) is 21.2. The van der Waals surface area contributed by atoms with Crippen LogP contribution >= 0.6 is 0 Å². The van der Waals surface area contributed by atoms with Gasteiger partial charge in [0.2, 0.25) is 0 Å². The fourth-order valence-corrected chi connectivity index (χ4v) is 6.20. The van der Waals surface area contributed by atoms with Crippen LogP contribution in [-0.4, -0.2) is 27.1 Å². The predicted octanol–water partition coefficient (Wildman–Crippen LogP) is 7.03. The molecule has 0 aliphatic carbocycles. The van der Waals surface area contributed by atoms with Crippen LogP contribution in [0.5, 0.6) is 0 Å². The first-order chi connectivity index (χ1) is 13.7. The molecule has 1 rings (SSSR count). The van der Waals surface area contributed by atoms with Gasteiger partial charge in [-0.15, -0.1) is 0 Å². The molecule has 0 aromatic rings. The average Bonchev–Trinajstić information content (AvgIpc) is 2.59. The number of hydrogen-bond acceptors (Lipinski definition) is 2. The van der Waals surface area contributed by atoms with Crippen molar-refractivity contribution in [1.82, 2.24) is 10.0 Å². The van der Waals surface area contributed by atoms with Crippen molar-refractivity contribution in [1.29, 1.82) is 0 Å². The Balaban J connectivity index is 1.93. The normalized spacial score (nSPS) is 20.0. The Hall–Kier alpha value is 0.0700. The van der Waals surface area contributed by atoms with Gasteiger partial charge in [-0.3, -0.25) is 0 Å². The maximum Gasteiger partial charge on any atom is 0.0917 e. The topological polar surface area (TPSA) is 41.1 Å². The molecule has 0 spiro atoms. The number of piperidine rings is 1. The van der Waals surface area contributed by atoms with Crippen LogP contribution in [0.25, 0.3) is 0 Å². The van der Waals surface area contributed by atoms with E-state index in [-0.39, 0.29) is 11.1 Å². The molecule has 0 radical (unpaired) electrons. The molecule has 1 atom stereocenters. The highest BCUT2D eigenvalue weighted by atomic mass is 32.2. The Bertz CT molecular complexity index is 421. The van der Waals surface area contributed by atoms with E-state index >= 15 is 0 Å². The second kappa shape index (κ2) is 15.0. The second-order valence-electron chi connectivity index (χ2n) is 10.8. The summed E-state index contributed by atoms with van der Waals surface area (Å²) >= 11 is 0. The number of rotatable bonds is 17. The molecule has 0 amide bonds. The van der Waals surface area contributed by atoms with Crippen molar-refractivity contribution < 1.29 is 4.21 Å². The summed E-state index contributed by atoms with van der Waals surface area (Å²) in [5.41, 5.74) is 0.220. The van der Waals surface area contributed by atoms with Crippen molar-refractivity contribution >= 4 is 11.0 Å². The largest absolute Gasteiger partial charge is 0.307 e. The van der Waals surface area contributed by atoms with E-state index in [0.29, 0.717) is 6.04 Å². The molecule has 0 aromatic heterocycles. The molecule has 2 N–H and O–H groups in total. The van der Waals surface area contributed by atoms with Crippen LogP contribution in [0.15, 0.2) is 0 Å². The standard InChI is InChI=1S/C25H52N2OS/c1-6-7-8-9-10-11-12-13-14-15-16-17-18-19-20-29(28)26-23-21-24(2,3)27-25(4,5)22-23/h23,26-27H,6-22H2,1-5H3. The lowest BCUT2D eigenvalue weighted by Crippen LogP contribution is -2.61. The smallest absolute Gasteiger partial charge is 0.0917 e. The fraction of sp³-hybridized carbons (Fsp3) is 1.00. The summed E-state index contributed by atoms with van der Waals surface area (Å²) in [6.45, 7) is 11.3. The minimum Gasteiger partial charge on any atom is -0.307 e. The number of unbranched alkanes of at least 4 members (excludes halogenated alkanes) is 13. The second-order valence-corrected chi connectivity index (χ2v) is 12.1. The molecule has 29 heavy (non-hydrogen) atoms. The van der Waals surface area contributed by atoms with E-state index in [1.54, 1.807) is 0 Å². The average molecular weight is 429 g/mol. The molecule has 0 aromatic carbocycles. The molecule has 0 bridgehead atoms. The molecular formula is C25H52N2OS. The molecule has 1 aliphatic rings. The van der Waals surface area contributed by atoms with Crippen LogP contribution < -0.4 is 10.0 Å². The van der Waals surface area contributed by atoms with Crippen LogP contribution in [0.3, 0.4) is 0 Å². The van der Waals surface area contributed by atoms with E-state index in [4.69, 9.17) is 0 Å². The monoisotopic (exact) mass is 428 g/mol. The van der Waals surface area contributed by atoms with Gasteiger partial charge >= 0.3 is 0 Å². The van der Waals surface area contributed by atoms with Crippen molar-refractivity contribution in [3.63, 3.8) is 0 Å². The molecule has 0 saturated carbocycles. The summed E-state index contributed by atoms with van der Waals surface area (Å²) in [7, 11) is -0.878. The van der Waals surface area contributed by atoms with Crippen molar-refractivity contribution in [2.24, 2.45) is 0 Å². The molecule has 3 nitrogen and oxygen atoms in total. The van der Waals surface area contributed by atoms with Gasteiger partial charge in [0.05, 0.1) is 11.0 Å². The molecular weight excluding hydrogens is 376 g/mol. The van der Waals surface area contributed by atoms with Gasteiger partial charge in [-0.1, -0.05) is 90.4 Å². The minimum absolute atomic E-state index is 0.110. The minimum atomic E-state index is -0.878. The van der Waals surface area contributed by atoms with E-state index in [2.05, 4.69) is 44.7 Å². The predicted molar refractivity (Wildman–Crippen MR) is 131 cm³/mol. The van der Waals surface area contributed by atoms with Crippen molar-refractivity contribution in [3.8, 4) is 0 Å². The van der Waals surface area contributed by atoms with Gasteiger partial charge in [0.15, 0.2) is 0 Å². The van der Waals surface area contributed by atoms with Gasteiger partial charge in [-0.05, 0) is 47.0 Å². The Labute approximate surface area is 185 Å². The zero-order valence-electron chi connectivity index (χ0n) is 20.4. The van der Waals surface area contributed by atoms with Crippen LogP contribution in [-0.2, 0) is 11.0 Å². The maximum absolute atomic E-state index is 12.4. The van der Waals surface area contributed by atoms with E-state index in [1.807, 2.05) is 0 Å². The first kappa shape index (κ1) is 27.1. The van der Waals surface area contributed by atoms with Gasteiger partial charge in [0.1, 0.15) is 0 Å². The van der Waals surface area contributed by atoms with E-state index in [1.165, 1.54) is 83.5 Å². The highest BCUT2D eigenvalue weighted by molar-refractivity contribution is 7.83. The molecule has 1 fully saturated rings. The van der Waals surface area contributed by atoms with E-state index in [9.17, 15) is 4.21 Å². The Morgan fingerprint density at radius 3 is 1.52 bits per heavy atom. The molecule has 174 valence electrons. The summed E-state index contributed by atoms with van der Waals surface area (Å²) < 4.78 is 15.8. The van der Waals surface area contributed by atoms with Crippen molar-refractivity contribution in [2.45, 2.75) is 154 Å². The lowest BCUT2D eigenvalue weighted by molar-refractivity contribution is 0.157. The summed E-state index contributed by atoms with van der Waals surface area (Å²) in [5.74, 6) is 0.808.